The molecule has 15 heavy (non-hydrogen) atoms. The highest BCUT2D eigenvalue weighted by Crippen LogP contribution is 2.08. The average molecular weight is 225 g/mol. The topological polar surface area (TPSA) is 164 Å². The summed E-state index contributed by atoms with van der Waals surface area (Å²) in [6, 6.07) is 0. The van der Waals surface area contributed by atoms with E-state index in [2.05, 4.69) is 5.73 Å². The summed E-state index contributed by atoms with van der Waals surface area (Å²) in [5, 5.41) is 53.6. The van der Waals surface area contributed by atoms with Crippen LogP contribution in [0.4, 0.5) is 0 Å². The Kier molecular flexibility index (Phi) is 5.65. The van der Waals surface area contributed by atoms with E-state index in [1.165, 1.54) is 0 Å². The molecule has 0 fully saturated rings. The number of nitrogens with two attached hydrogens (primary N) is 1. The lowest BCUT2D eigenvalue weighted by Crippen LogP contribution is -2.53. The van der Waals surface area contributed by atoms with Gasteiger partial charge in [-0.3, -0.25) is 4.79 Å². The summed E-state index contributed by atoms with van der Waals surface area (Å²) < 4.78 is 0. The molecule has 0 aliphatic heterocycles. The maximum atomic E-state index is 10.4. The first kappa shape index (κ1) is 14.2. The first-order chi connectivity index (χ1) is 6.82. The standard InChI is InChI=1S/C7H15NO7/c8-7(15)6(14)5(13)4(12)3(11)2(10)1-9/h2-6,9-14H,1H2,(H2,8,15)/t2?,3-,4-,5+,6-/m1/s1. The summed E-state index contributed by atoms with van der Waals surface area (Å²) in [6.45, 7) is -0.850. The molecule has 0 aromatic rings. The predicted octanol–water partition coefficient (Wildman–Crippen LogP) is -4.73. The van der Waals surface area contributed by atoms with Crippen molar-refractivity contribution in [3.05, 3.63) is 0 Å². The molecule has 0 aliphatic rings. The molecule has 0 heterocycles. The Labute approximate surface area is 85.2 Å². The van der Waals surface area contributed by atoms with E-state index in [0.717, 1.165) is 0 Å². The van der Waals surface area contributed by atoms with Gasteiger partial charge in [0.05, 0.1) is 6.61 Å². The smallest absolute Gasteiger partial charge is 0.249 e. The van der Waals surface area contributed by atoms with Crippen LogP contribution in [0, 0.1) is 0 Å². The molecule has 5 atom stereocenters. The van der Waals surface area contributed by atoms with Crippen molar-refractivity contribution in [3.63, 3.8) is 0 Å². The summed E-state index contributed by atoms with van der Waals surface area (Å²) in [4.78, 5) is 10.4. The van der Waals surface area contributed by atoms with Crippen molar-refractivity contribution in [1.82, 2.24) is 0 Å². The highest BCUT2D eigenvalue weighted by atomic mass is 16.4. The van der Waals surface area contributed by atoms with E-state index in [-0.39, 0.29) is 0 Å². The van der Waals surface area contributed by atoms with Gasteiger partial charge in [0.15, 0.2) is 6.10 Å². The SMILES string of the molecule is NC(=O)[C@H](O)[C@@H](O)[C@H](O)[C@H](O)C(O)CO. The Hall–Kier alpha value is -0.770. The number of carbonyl (C=O) groups is 1. The van der Waals surface area contributed by atoms with Crippen LogP contribution in [0.2, 0.25) is 0 Å². The summed E-state index contributed by atoms with van der Waals surface area (Å²) in [6.07, 6.45) is -9.72. The molecule has 8 nitrogen and oxygen atoms in total. The lowest BCUT2D eigenvalue weighted by atomic mass is 9.99. The minimum atomic E-state index is -2.07. The van der Waals surface area contributed by atoms with Crippen molar-refractivity contribution in [2.24, 2.45) is 5.73 Å². The van der Waals surface area contributed by atoms with Crippen LogP contribution in [0.25, 0.3) is 0 Å². The van der Waals surface area contributed by atoms with E-state index >= 15 is 0 Å². The van der Waals surface area contributed by atoms with Gasteiger partial charge in [-0.05, 0) is 0 Å². The maximum Gasteiger partial charge on any atom is 0.249 e. The number of primary amides is 1. The summed E-state index contributed by atoms with van der Waals surface area (Å²) in [7, 11) is 0. The quantitative estimate of drug-likeness (QED) is 0.238. The molecular weight excluding hydrogens is 210 g/mol. The molecule has 1 amide bonds. The first-order valence-electron chi connectivity index (χ1n) is 4.13. The highest BCUT2D eigenvalue weighted by molar-refractivity contribution is 5.79. The second kappa shape index (κ2) is 5.95. The fourth-order valence-corrected chi connectivity index (χ4v) is 0.893. The Morgan fingerprint density at radius 3 is 1.80 bits per heavy atom. The molecule has 1 unspecified atom stereocenters. The third-order valence-electron chi connectivity index (χ3n) is 1.90. The molecular formula is C7H15NO7. The summed E-state index contributed by atoms with van der Waals surface area (Å²) >= 11 is 0. The number of rotatable bonds is 6. The second-order valence-electron chi connectivity index (χ2n) is 3.07. The van der Waals surface area contributed by atoms with Crippen LogP contribution in [-0.4, -0.2) is 73.7 Å². The van der Waals surface area contributed by atoms with Crippen molar-refractivity contribution in [2.75, 3.05) is 6.61 Å². The predicted molar refractivity (Wildman–Crippen MR) is 46.3 cm³/mol. The van der Waals surface area contributed by atoms with E-state index in [0.29, 0.717) is 0 Å². The van der Waals surface area contributed by atoms with Crippen LogP contribution < -0.4 is 5.73 Å². The van der Waals surface area contributed by atoms with Crippen LogP contribution in [0.3, 0.4) is 0 Å². The minimum Gasteiger partial charge on any atom is -0.394 e. The first-order valence-corrected chi connectivity index (χ1v) is 4.13. The van der Waals surface area contributed by atoms with Gasteiger partial charge in [0.2, 0.25) is 5.91 Å². The van der Waals surface area contributed by atoms with E-state index < -0.39 is 43.0 Å². The molecule has 8 heteroatoms. The average Bonchev–Trinajstić information content (AvgIpc) is 2.23. The molecule has 0 bridgehead atoms. The van der Waals surface area contributed by atoms with Crippen molar-refractivity contribution in [1.29, 1.82) is 0 Å². The number of aliphatic hydroxyl groups is 6. The third-order valence-corrected chi connectivity index (χ3v) is 1.90. The zero-order valence-corrected chi connectivity index (χ0v) is 7.76. The normalized spacial score (nSPS) is 21.5. The molecule has 0 saturated heterocycles. The van der Waals surface area contributed by atoms with Crippen LogP contribution in [0.15, 0.2) is 0 Å². The minimum absolute atomic E-state index is 0.850. The van der Waals surface area contributed by atoms with Crippen molar-refractivity contribution < 1.29 is 35.4 Å². The zero-order valence-electron chi connectivity index (χ0n) is 7.76. The van der Waals surface area contributed by atoms with Crippen LogP contribution in [-0.2, 0) is 4.79 Å². The molecule has 0 rings (SSSR count). The lowest BCUT2D eigenvalue weighted by molar-refractivity contribution is -0.154. The van der Waals surface area contributed by atoms with E-state index in [1.54, 1.807) is 0 Å². The molecule has 0 aromatic heterocycles. The highest BCUT2D eigenvalue weighted by Gasteiger charge is 2.36. The molecule has 0 saturated carbocycles. The summed E-state index contributed by atoms with van der Waals surface area (Å²) in [5.41, 5.74) is 4.63. The summed E-state index contributed by atoms with van der Waals surface area (Å²) in [5.74, 6) is -1.28. The number of amides is 1. The van der Waals surface area contributed by atoms with Gasteiger partial charge in [-0.25, -0.2) is 0 Å². The molecule has 0 radical (unpaired) electrons. The van der Waals surface area contributed by atoms with Gasteiger partial charge in [0.25, 0.3) is 0 Å². The third kappa shape index (κ3) is 3.70. The van der Waals surface area contributed by atoms with E-state index in [4.69, 9.17) is 30.6 Å². The fourth-order valence-electron chi connectivity index (χ4n) is 0.893. The van der Waals surface area contributed by atoms with Gasteiger partial charge in [-0.15, -0.1) is 0 Å². The van der Waals surface area contributed by atoms with Crippen LogP contribution in [0.5, 0.6) is 0 Å². The van der Waals surface area contributed by atoms with E-state index in [1.807, 2.05) is 0 Å². The second-order valence-corrected chi connectivity index (χ2v) is 3.07. The van der Waals surface area contributed by atoms with Gasteiger partial charge < -0.3 is 36.4 Å². The van der Waals surface area contributed by atoms with Crippen molar-refractivity contribution in [2.45, 2.75) is 30.5 Å². The number of carbonyl (C=O) groups excluding carboxylic acids is 1. The van der Waals surface area contributed by atoms with Crippen LogP contribution in [0.1, 0.15) is 0 Å². The Balaban J connectivity index is 4.42. The Morgan fingerprint density at radius 1 is 1.00 bits per heavy atom. The van der Waals surface area contributed by atoms with Gasteiger partial charge >= 0.3 is 0 Å². The molecule has 0 spiro atoms. The van der Waals surface area contributed by atoms with Crippen molar-refractivity contribution >= 4 is 5.91 Å². The van der Waals surface area contributed by atoms with Gasteiger partial charge in [0, 0.05) is 0 Å². The number of hydrogen-bond donors (Lipinski definition) is 7. The monoisotopic (exact) mass is 225 g/mol. The molecule has 0 aromatic carbocycles. The zero-order chi connectivity index (χ0) is 12.2. The largest absolute Gasteiger partial charge is 0.394 e. The molecule has 90 valence electrons. The molecule has 0 aliphatic carbocycles. The Bertz CT molecular complexity index is 212. The van der Waals surface area contributed by atoms with Crippen molar-refractivity contribution in [3.8, 4) is 0 Å². The maximum absolute atomic E-state index is 10.4. The lowest BCUT2D eigenvalue weighted by Gasteiger charge is -2.27. The number of aliphatic hydroxyl groups excluding tert-OH is 6. The van der Waals surface area contributed by atoms with E-state index in [9.17, 15) is 4.79 Å². The van der Waals surface area contributed by atoms with Gasteiger partial charge in [-0.1, -0.05) is 0 Å². The Morgan fingerprint density at radius 2 is 1.47 bits per heavy atom. The van der Waals surface area contributed by atoms with Crippen LogP contribution >= 0.6 is 0 Å². The van der Waals surface area contributed by atoms with Gasteiger partial charge in [-0.2, -0.15) is 0 Å². The molecule has 8 N–H and O–H groups in total. The number of hydrogen-bond acceptors (Lipinski definition) is 7. The fraction of sp³-hybridized carbons (Fsp3) is 0.857. The van der Waals surface area contributed by atoms with Gasteiger partial charge in [0.1, 0.15) is 24.4 Å².